The lowest BCUT2D eigenvalue weighted by atomic mass is 10.2. The SMILES string of the molecule is CC(CN)c1nc2ncc(Cl)cn2n1. The molecule has 2 aromatic rings. The van der Waals surface area contributed by atoms with Gasteiger partial charge in [-0.05, 0) is 0 Å². The summed E-state index contributed by atoms with van der Waals surface area (Å²) in [5.74, 6) is 1.38. The smallest absolute Gasteiger partial charge is 0.252 e. The van der Waals surface area contributed by atoms with Gasteiger partial charge in [-0.1, -0.05) is 18.5 Å². The zero-order valence-electron chi connectivity index (χ0n) is 7.68. The molecule has 0 aliphatic heterocycles. The van der Waals surface area contributed by atoms with Crippen molar-refractivity contribution in [2.45, 2.75) is 12.8 Å². The molecule has 0 fully saturated rings. The molecule has 1 unspecified atom stereocenters. The normalized spacial score (nSPS) is 13.4. The molecule has 0 aromatic carbocycles. The highest BCUT2D eigenvalue weighted by Crippen LogP contribution is 2.11. The van der Waals surface area contributed by atoms with Gasteiger partial charge in [0, 0.05) is 12.5 Å². The monoisotopic (exact) mass is 211 g/mol. The first-order valence-electron chi connectivity index (χ1n) is 4.28. The Bertz CT molecular complexity index is 452. The van der Waals surface area contributed by atoms with Crippen LogP contribution in [0.5, 0.6) is 0 Å². The molecule has 0 bridgehead atoms. The van der Waals surface area contributed by atoms with E-state index in [4.69, 9.17) is 17.3 Å². The molecular formula is C8H10ClN5. The van der Waals surface area contributed by atoms with Crippen LogP contribution in [0.4, 0.5) is 0 Å². The van der Waals surface area contributed by atoms with Crippen LogP contribution in [0, 0.1) is 0 Å². The fourth-order valence-corrected chi connectivity index (χ4v) is 1.23. The van der Waals surface area contributed by atoms with E-state index in [0.717, 1.165) is 0 Å². The van der Waals surface area contributed by atoms with Crippen molar-refractivity contribution in [2.75, 3.05) is 6.54 Å². The second kappa shape index (κ2) is 3.51. The van der Waals surface area contributed by atoms with Gasteiger partial charge < -0.3 is 5.73 Å². The number of hydrogen-bond acceptors (Lipinski definition) is 4. The van der Waals surface area contributed by atoms with Crippen LogP contribution in [-0.4, -0.2) is 26.1 Å². The zero-order chi connectivity index (χ0) is 10.1. The maximum Gasteiger partial charge on any atom is 0.252 e. The quantitative estimate of drug-likeness (QED) is 0.799. The van der Waals surface area contributed by atoms with Crippen molar-refractivity contribution in [2.24, 2.45) is 5.73 Å². The molecule has 5 nitrogen and oxygen atoms in total. The van der Waals surface area contributed by atoms with Crippen molar-refractivity contribution in [3.05, 3.63) is 23.2 Å². The first kappa shape index (κ1) is 9.36. The minimum absolute atomic E-state index is 0.135. The van der Waals surface area contributed by atoms with Crippen LogP contribution in [-0.2, 0) is 0 Å². The highest BCUT2D eigenvalue weighted by Gasteiger charge is 2.10. The van der Waals surface area contributed by atoms with E-state index in [2.05, 4.69) is 15.1 Å². The second-order valence-electron chi connectivity index (χ2n) is 3.12. The maximum absolute atomic E-state index is 5.77. The fourth-order valence-electron chi connectivity index (χ4n) is 1.09. The minimum Gasteiger partial charge on any atom is -0.330 e. The van der Waals surface area contributed by atoms with Gasteiger partial charge in [-0.3, -0.25) is 0 Å². The Morgan fingerprint density at radius 3 is 3.14 bits per heavy atom. The third kappa shape index (κ3) is 1.56. The molecule has 74 valence electrons. The Hall–Kier alpha value is -1.20. The maximum atomic E-state index is 5.77. The van der Waals surface area contributed by atoms with Crippen LogP contribution in [0.1, 0.15) is 18.7 Å². The average molecular weight is 212 g/mol. The molecule has 6 heteroatoms. The van der Waals surface area contributed by atoms with Gasteiger partial charge in [0.15, 0.2) is 5.82 Å². The Morgan fingerprint density at radius 2 is 2.43 bits per heavy atom. The molecule has 0 amide bonds. The number of halogens is 1. The van der Waals surface area contributed by atoms with Crippen molar-refractivity contribution in [1.82, 2.24) is 19.6 Å². The molecule has 2 rings (SSSR count). The molecule has 0 aliphatic rings. The molecule has 0 saturated heterocycles. The second-order valence-corrected chi connectivity index (χ2v) is 3.56. The number of nitrogens with two attached hydrogens (primary N) is 1. The summed E-state index contributed by atoms with van der Waals surface area (Å²) in [4.78, 5) is 8.26. The molecule has 2 aromatic heterocycles. The van der Waals surface area contributed by atoms with Crippen molar-refractivity contribution in [1.29, 1.82) is 0 Å². The average Bonchev–Trinajstić information content (AvgIpc) is 2.59. The van der Waals surface area contributed by atoms with Gasteiger partial charge in [0.1, 0.15) is 0 Å². The minimum atomic E-state index is 0.135. The van der Waals surface area contributed by atoms with Crippen molar-refractivity contribution in [3.8, 4) is 0 Å². The molecule has 14 heavy (non-hydrogen) atoms. The number of aromatic nitrogens is 4. The summed E-state index contributed by atoms with van der Waals surface area (Å²) in [5.41, 5.74) is 5.52. The molecule has 0 radical (unpaired) electrons. The number of nitrogens with zero attached hydrogens (tertiary/aromatic N) is 4. The summed E-state index contributed by atoms with van der Waals surface area (Å²) in [7, 11) is 0. The van der Waals surface area contributed by atoms with Gasteiger partial charge in [-0.25, -0.2) is 9.50 Å². The Kier molecular flexibility index (Phi) is 2.35. The first-order chi connectivity index (χ1) is 6.70. The standard InChI is InChI=1S/C8H10ClN5/c1-5(2-10)7-12-8-11-3-6(9)4-14(8)13-7/h3-5H,2,10H2,1H3. The molecule has 2 heterocycles. The third-order valence-corrected chi connectivity index (χ3v) is 2.17. The van der Waals surface area contributed by atoms with Crippen LogP contribution < -0.4 is 5.73 Å². The van der Waals surface area contributed by atoms with Crippen LogP contribution >= 0.6 is 11.6 Å². The lowest BCUT2D eigenvalue weighted by Gasteiger charge is -1.99. The van der Waals surface area contributed by atoms with Crippen molar-refractivity contribution < 1.29 is 0 Å². The lowest BCUT2D eigenvalue weighted by molar-refractivity contribution is 0.708. The van der Waals surface area contributed by atoms with E-state index in [1.807, 2.05) is 6.92 Å². The van der Waals surface area contributed by atoms with E-state index in [0.29, 0.717) is 23.2 Å². The first-order valence-corrected chi connectivity index (χ1v) is 4.66. The largest absolute Gasteiger partial charge is 0.330 e. The molecular weight excluding hydrogens is 202 g/mol. The lowest BCUT2D eigenvalue weighted by Crippen LogP contribution is -2.10. The Morgan fingerprint density at radius 1 is 1.64 bits per heavy atom. The summed E-state index contributed by atoms with van der Waals surface area (Å²) in [6.07, 6.45) is 3.21. The Labute approximate surface area is 85.9 Å². The predicted molar refractivity (Wildman–Crippen MR) is 53.3 cm³/mol. The van der Waals surface area contributed by atoms with Gasteiger partial charge in [-0.2, -0.15) is 4.98 Å². The van der Waals surface area contributed by atoms with E-state index in [1.54, 1.807) is 16.9 Å². The van der Waals surface area contributed by atoms with E-state index in [-0.39, 0.29) is 5.92 Å². The summed E-state index contributed by atoms with van der Waals surface area (Å²) in [6, 6.07) is 0. The number of hydrogen-bond donors (Lipinski definition) is 1. The van der Waals surface area contributed by atoms with Gasteiger partial charge in [0.2, 0.25) is 0 Å². The van der Waals surface area contributed by atoms with Crippen LogP contribution in [0.2, 0.25) is 5.02 Å². The van der Waals surface area contributed by atoms with Gasteiger partial charge >= 0.3 is 0 Å². The van der Waals surface area contributed by atoms with Gasteiger partial charge in [0.05, 0.1) is 17.4 Å². The van der Waals surface area contributed by atoms with E-state index in [9.17, 15) is 0 Å². The molecule has 0 saturated carbocycles. The third-order valence-electron chi connectivity index (χ3n) is 1.97. The zero-order valence-corrected chi connectivity index (χ0v) is 8.44. The van der Waals surface area contributed by atoms with E-state index >= 15 is 0 Å². The Balaban J connectivity index is 2.51. The topological polar surface area (TPSA) is 69.1 Å². The van der Waals surface area contributed by atoms with Crippen LogP contribution in [0.15, 0.2) is 12.4 Å². The summed E-state index contributed by atoms with van der Waals surface area (Å²) in [6.45, 7) is 2.49. The van der Waals surface area contributed by atoms with E-state index in [1.165, 1.54) is 0 Å². The molecule has 2 N–H and O–H groups in total. The highest BCUT2D eigenvalue weighted by atomic mass is 35.5. The van der Waals surface area contributed by atoms with Gasteiger partial charge in [0.25, 0.3) is 5.78 Å². The molecule has 0 spiro atoms. The summed E-state index contributed by atoms with van der Waals surface area (Å²) >= 11 is 5.77. The summed E-state index contributed by atoms with van der Waals surface area (Å²) in [5, 5.41) is 4.76. The van der Waals surface area contributed by atoms with Crippen molar-refractivity contribution in [3.63, 3.8) is 0 Å². The highest BCUT2D eigenvalue weighted by molar-refractivity contribution is 6.30. The molecule has 1 atom stereocenters. The van der Waals surface area contributed by atoms with Crippen LogP contribution in [0.25, 0.3) is 5.78 Å². The number of rotatable bonds is 2. The predicted octanol–water partition coefficient (Wildman–Crippen LogP) is 0.840. The van der Waals surface area contributed by atoms with Gasteiger partial charge in [-0.15, -0.1) is 5.10 Å². The number of fused-ring (bicyclic) bond motifs is 1. The summed E-state index contributed by atoms with van der Waals surface area (Å²) < 4.78 is 1.56. The molecule has 0 aliphatic carbocycles. The van der Waals surface area contributed by atoms with E-state index < -0.39 is 0 Å². The van der Waals surface area contributed by atoms with Crippen molar-refractivity contribution >= 4 is 17.4 Å². The fraction of sp³-hybridized carbons (Fsp3) is 0.375. The van der Waals surface area contributed by atoms with Crippen LogP contribution in [0.3, 0.4) is 0 Å².